The topological polar surface area (TPSA) is 107 Å². The number of aromatic amines is 1. The highest BCUT2D eigenvalue weighted by Crippen LogP contribution is 2.26. The number of rotatable bonds is 6. The fraction of sp³-hybridized carbons (Fsp3) is 0.357. The van der Waals surface area contributed by atoms with E-state index >= 15 is 0 Å². The minimum atomic E-state index is -0.388. The Hall–Kier alpha value is -2.25. The molecule has 0 bridgehead atoms. The summed E-state index contributed by atoms with van der Waals surface area (Å²) in [6, 6.07) is 4.83. The molecule has 0 spiro atoms. The molecule has 0 saturated heterocycles. The number of imidazole rings is 1. The second kappa shape index (κ2) is 6.47. The number of aromatic nitrogens is 2. The van der Waals surface area contributed by atoms with Gasteiger partial charge in [0.25, 0.3) is 5.69 Å². The minimum Gasteiger partial charge on any atom is -0.385 e. The average Bonchev–Trinajstić information content (AvgIpc) is 2.94. The Labute approximate surface area is 122 Å². The van der Waals surface area contributed by atoms with E-state index in [1.165, 1.54) is 6.07 Å². The number of nitrogens with zero attached hydrogens (tertiary/aromatic N) is 2. The van der Waals surface area contributed by atoms with E-state index in [9.17, 15) is 10.1 Å². The van der Waals surface area contributed by atoms with E-state index in [1.54, 1.807) is 26.3 Å². The Balaban J connectivity index is 2.25. The van der Waals surface area contributed by atoms with E-state index in [4.69, 9.17) is 10.5 Å². The molecule has 21 heavy (non-hydrogen) atoms. The van der Waals surface area contributed by atoms with Crippen LogP contribution in [0.25, 0.3) is 11.3 Å². The van der Waals surface area contributed by atoms with Crippen LogP contribution in [0.3, 0.4) is 0 Å². The number of methoxy groups -OCH3 is 1. The van der Waals surface area contributed by atoms with Crippen molar-refractivity contribution in [2.75, 3.05) is 13.7 Å². The van der Waals surface area contributed by atoms with Crippen LogP contribution in [0.15, 0.2) is 24.4 Å². The monoisotopic (exact) mass is 290 g/mol. The standard InChI is InChI=1S/C14H18N4O3/c1-9-3-4-10(7-13(9)18(19)20)12-8-16-14(17-12)11(15)5-6-21-2/h3-4,7-8,11H,5-6,15H2,1-2H3,(H,16,17). The Kier molecular flexibility index (Phi) is 4.66. The van der Waals surface area contributed by atoms with Gasteiger partial charge in [0.2, 0.25) is 0 Å². The van der Waals surface area contributed by atoms with Gasteiger partial charge >= 0.3 is 0 Å². The molecule has 112 valence electrons. The number of ether oxygens (including phenoxy) is 1. The molecule has 1 heterocycles. The van der Waals surface area contributed by atoms with Crippen molar-refractivity contribution in [3.05, 3.63) is 45.9 Å². The maximum absolute atomic E-state index is 11.0. The summed E-state index contributed by atoms with van der Waals surface area (Å²) in [4.78, 5) is 17.9. The Morgan fingerprint density at radius 3 is 2.95 bits per heavy atom. The molecule has 1 aromatic carbocycles. The second-order valence-corrected chi connectivity index (χ2v) is 4.83. The van der Waals surface area contributed by atoms with Crippen LogP contribution in [-0.4, -0.2) is 28.6 Å². The number of nitro groups is 1. The highest BCUT2D eigenvalue weighted by molar-refractivity contribution is 5.63. The number of hydrogen-bond donors (Lipinski definition) is 2. The van der Waals surface area contributed by atoms with E-state index in [2.05, 4.69) is 9.97 Å². The van der Waals surface area contributed by atoms with Gasteiger partial charge in [-0.1, -0.05) is 12.1 Å². The predicted molar refractivity (Wildman–Crippen MR) is 78.8 cm³/mol. The largest absolute Gasteiger partial charge is 0.385 e. The number of hydrogen-bond acceptors (Lipinski definition) is 5. The van der Waals surface area contributed by atoms with Crippen LogP contribution in [0.1, 0.15) is 23.9 Å². The number of nitrogens with two attached hydrogens (primary N) is 1. The van der Waals surface area contributed by atoms with Crippen LogP contribution < -0.4 is 5.73 Å². The van der Waals surface area contributed by atoms with Crippen molar-refractivity contribution in [3.63, 3.8) is 0 Å². The molecule has 7 nitrogen and oxygen atoms in total. The fourth-order valence-electron chi connectivity index (χ4n) is 2.03. The first-order chi connectivity index (χ1) is 10.0. The molecular formula is C14H18N4O3. The van der Waals surface area contributed by atoms with Crippen LogP contribution in [0.2, 0.25) is 0 Å². The summed E-state index contributed by atoms with van der Waals surface area (Å²) >= 11 is 0. The van der Waals surface area contributed by atoms with Crippen LogP contribution in [0.4, 0.5) is 5.69 Å². The summed E-state index contributed by atoms with van der Waals surface area (Å²) in [7, 11) is 1.62. The number of benzene rings is 1. The van der Waals surface area contributed by atoms with Gasteiger partial charge in [-0.3, -0.25) is 10.1 Å². The third-order valence-corrected chi connectivity index (χ3v) is 3.30. The molecule has 1 aromatic heterocycles. The molecule has 3 N–H and O–H groups in total. The zero-order chi connectivity index (χ0) is 15.4. The number of nitro benzene ring substituents is 1. The van der Waals surface area contributed by atoms with Gasteiger partial charge in [0.15, 0.2) is 0 Å². The van der Waals surface area contributed by atoms with Crippen molar-refractivity contribution in [1.29, 1.82) is 0 Å². The maximum Gasteiger partial charge on any atom is 0.272 e. The first-order valence-electron chi connectivity index (χ1n) is 6.57. The van der Waals surface area contributed by atoms with Gasteiger partial charge in [-0.2, -0.15) is 0 Å². The van der Waals surface area contributed by atoms with Gasteiger partial charge in [0, 0.05) is 30.9 Å². The Bertz CT molecular complexity index is 639. The molecule has 1 atom stereocenters. The Morgan fingerprint density at radius 2 is 2.29 bits per heavy atom. The molecule has 0 amide bonds. The predicted octanol–water partition coefficient (Wildman–Crippen LogP) is 2.33. The highest BCUT2D eigenvalue weighted by Gasteiger charge is 2.15. The lowest BCUT2D eigenvalue weighted by Gasteiger charge is -2.07. The molecule has 0 aliphatic carbocycles. The number of nitrogens with one attached hydrogen (secondary N) is 1. The average molecular weight is 290 g/mol. The van der Waals surface area contributed by atoms with E-state index in [0.717, 1.165) is 0 Å². The maximum atomic E-state index is 11.0. The van der Waals surface area contributed by atoms with Crippen molar-refractivity contribution >= 4 is 5.69 Å². The molecule has 7 heteroatoms. The smallest absolute Gasteiger partial charge is 0.272 e. The van der Waals surface area contributed by atoms with Crippen molar-refractivity contribution in [3.8, 4) is 11.3 Å². The lowest BCUT2D eigenvalue weighted by atomic mass is 10.1. The van der Waals surface area contributed by atoms with Gasteiger partial charge < -0.3 is 15.5 Å². The summed E-state index contributed by atoms with van der Waals surface area (Å²) in [6.45, 7) is 2.26. The molecule has 0 fully saturated rings. The highest BCUT2D eigenvalue weighted by atomic mass is 16.6. The molecular weight excluding hydrogens is 272 g/mol. The molecule has 0 saturated carbocycles. The summed E-state index contributed by atoms with van der Waals surface area (Å²) in [5.74, 6) is 0.644. The normalized spacial score (nSPS) is 12.3. The van der Waals surface area contributed by atoms with Crippen molar-refractivity contribution in [2.24, 2.45) is 5.73 Å². The number of aryl methyl sites for hydroxylation is 1. The van der Waals surface area contributed by atoms with Crippen LogP contribution in [0, 0.1) is 17.0 Å². The first-order valence-corrected chi connectivity index (χ1v) is 6.57. The minimum absolute atomic E-state index is 0.0901. The van der Waals surface area contributed by atoms with E-state index < -0.39 is 0 Å². The summed E-state index contributed by atoms with van der Waals surface area (Å²) < 4.78 is 4.98. The second-order valence-electron chi connectivity index (χ2n) is 4.83. The van der Waals surface area contributed by atoms with Gasteiger partial charge in [0.1, 0.15) is 5.82 Å². The SMILES string of the molecule is COCCC(N)c1ncc(-c2ccc(C)c([N+](=O)[O-])c2)[nH]1. The van der Waals surface area contributed by atoms with Crippen LogP contribution in [-0.2, 0) is 4.74 Å². The molecule has 0 aliphatic rings. The van der Waals surface area contributed by atoms with Crippen molar-refractivity contribution in [2.45, 2.75) is 19.4 Å². The van der Waals surface area contributed by atoms with Gasteiger partial charge in [-0.15, -0.1) is 0 Å². The molecule has 2 rings (SSSR count). The summed E-state index contributed by atoms with van der Waals surface area (Å²) in [5.41, 5.74) is 8.13. The van der Waals surface area contributed by atoms with Crippen LogP contribution in [0.5, 0.6) is 0 Å². The first kappa shape index (κ1) is 15.1. The fourth-order valence-corrected chi connectivity index (χ4v) is 2.03. The lowest BCUT2D eigenvalue weighted by molar-refractivity contribution is -0.385. The third-order valence-electron chi connectivity index (χ3n) is 3.30. The molecule has 0 aliphatic heterocycles. The van der Waals surface area contributed by atoms with Gasteiger partial charge in [-0.25, -0.2) is 4.98 Å². The van der Waals surface area contributed by atoms with E-state index in [-0.39, 0.29) is 16.7 Å². The molecule has 2 aromatic rings. The zero-order valence-corrected chi connectivity index (χ0v) is 12.0. The summed E-state index contributed by atoms with van der Waals surface area (Å²) in [6.07, 6.45) is 2.29. The van der Waals surface area contributed by atoms with Gasteiger partial charge in [-0.05, 0) is 13.3 Å². The van der Waals surface area contributed by atoms with Crippen LogP contribution >= 0.6 is 0 Å². The molecule has 0 radical (unpaired) electrons. The van der Waals surface area contributed by atoms with E-state index in [0.29, 0.717) is 35.7 Å². The van der Waals surface area contributed by atoms with Gasteiger partial charge in [0.05, 0.1) is 22.9 Å². The Morgan fingerprint density at radius 1 is 1.52 bits per heavy atom. The molecule has 1 unspecified atom stereocenters. The zero-order valence-electron chi connectivity index (χ0n) is 12.0. The van der Waals surface area contributed by atoms with Crippen molar-refractivity contribution in [1.82, 2.24) is 9.97 Å². The number of H-pyrrole nitrogens is 1. The third kappa shape index (κ3) is 3.45. The lowest BCUT2D eigenvalue weighted by Crippen LogP contribution is -2.14. The van der Waals surface area contributed by atoms with E-state index in [1.807, 2.05) is 6.07 Å². The quantitative estimate of drug-likeness (QED) is 0.627. The summed E-state index contributed by atoms with van der Waals surface area (Å²) in [5, 5.41) is 11.0. The van der Waals surface area contributed by atoms with Crippen molar-refractivity contribution < 1.29 is 9.66 Å².